The SMILES string of the molecule is CC1CN(CC[C@H](CSc2ccccc2)Nc2ccc(S(=O)(=O)NC(=O)c3ccc(N4CCN(CC5=C(c6ccc(Cl)cc6)CCC(C)(C)C5)CC4)cc3)cc2S(=O)(=O)C(F)(F)F)CC(C)N1Cc1ccc(C2CCC(=O)NC2=O)cc1. The van der Waals surface area contributed by atoms with E-state index in [4.69, 9.17) is 11.6 Å². The van der Waals surface area contributed by atoms with Crippen LogP contribution in [0.25, 0.3) is 5.57 Å². The number of alkyl halides is 3. The van der Waals surface area contributed by atoms with Crippen molar-refractivity contribution < 1.29 is 44.4 Å². The van der Waals surface area contributed by atoms with E-state index < -0.39 is 52.8 Å². The van der Waals surface area contributed by atoms with Crippen LogP contribution in [0.1, 0.15) is 99.2 Å². The van der Waals surface area contributed by atoms with Crippen molar-refractivity contribution in [1.29, 1.82) is 0 Å². The lowest BCUT2D eigenvalue weighted by atomic mass is 9.73. The first-order chi connectivity index (χ1) is 38.9. The van der Waals surface area contributed by atoms with E-state index in [1.165, 1.54) is 40.6 Å². The number of sulfone groups is 1. The van der Waals surface area contributed by atoms with Crippen LogP contribution < -0.4 is 20.3 Å². The number of nitrogens with zero attached hydrogens (tertiary/aromatic N) is 4. The molecule has 3 N–H and O–H groups in total. The van der Waals surface area contributed by atoms with E-state index in [0.717, 1.165) is 85.8 Å². The van der Waals surface area contributed by atoms with Crippen LogP contribution in [0.4, 0.5) is 24.5 Å². The number of anilines is 2. The lowest BCUT2D eigenvalue weighted by molar-refractivity contribution is -0.134. The van der Waals surface area contributed by atoms with Crippen molar-refractivity contribution in [2.75, 3.05) is 68.3 Å². The standard InChI is InChI=1S/C61H71ClF3N7O7S3/c1-41-36-70(37-42(2)72(41)38-43-10-12-45(13-11-43)54-23-25-57(73)67-59(54)75)29-27-49(40-80-51-8-6-5-7-9-51)66-55-24-22-52(34-56(55)81(76,77)61(63,64)65)82(78,79)68-58(74)46-16-20-50(21-17-46)71-32-30-69(31-33-71)39-47-35-60(3,4)28-26-53(47)44-14-18-48(62)19-15-44/h5-22,24,34,41-42,49,54,66H,23,25-33,35-40H2,1-4H3,(H,68,74)(H,67,73,75)/t41?,42?,49-,54?/m1/s1. The van der Waals surface area contributed by atoms with Crippen LogP contribution >= 0.6 is 23.4 Å². The third kappa shape index (κ3) is 15.0. The van der Waals surface area contributed by atoms with Crippen molar-refractivity contribution in [3.05, 3.63) is 154 Å². The smallest absolute Gasteiger partial charge is 0.380 e. The number of piperidine rings is 1. The Morgan fingerprint density at radius 3 is 2.13 bits per heavy atom. The predicted octanol–water partition coefficient (Wildman–Crippen LogP) is 10.6. The molecule has 3 amide bonds. The highest BCUT2D eigenvalue weighted by molar-refractivity contribution is 7.99. The fourth-order valence-electron chi connectivity index (χ4n) is 11.7. The van der Waals surface area contributed by atoms with E-state index in [-0.39, 0.29) is 40.8 Å². The summed E-state index contributed by atoms with van der Waals surface area (Å²) >= 11 is 7.66. The zero-order valence-electron chi connectivity index (χ0n) is 46.6. The summed E-state index contributed by atoms with van der Waals surface area (Å²) in [6.45, 7) is 15.3. The molecule has 5 aromatic rings. The molecule has 3 aliphatic heterocycles. The lowest BCUT2D eigenvalue weighted by Crippen LogP contribution is -2.56. The van der Waals surface area contributed by atoms with Crippen LogP contribution in [0.5, 0.6) is 0 Å². The Labute approximate surface area is 489 Å². The normalized spacial score (nSPS) is 21.0. The number of hydrogen-bond donors (Lipinski definition) is 3. The molecule has 4 aliphatic rings. The summed E-state index contributed by atoms with van der Waals surface area (Å²) in [5, 5.41) is 6.20. The highest BCUT2D eigenvalue weighted by atomic mass is 35.5. The van der Waals surface area contributed by atoms with Crippen LogP contribution in [0.2, 0.25) is 5.02 Å². The quantitative estimate of drug-likeness (QED) is 0.0528. The van der Waals surface area contributed by atoms with Crippen LogP contribution in [0.3, 0.4) is 0 Å². The van der Waals surface area contributed by atoms with Gasteiger partial charge in [-0.2, -0.15) is 13.2 Å². The van der Waals surface area contributed by atoms with Gasteiger partial charge in [-0.1, -0.05) is 85.6 Å². The molecule has 0 radical (unpaired) electrons. The molecule has 5 aromatic carbocycles. The van der Waals surface area contributed by atoms with Crippen molar-refractivity contribution in [3.8, 4) is 0 Å². The number of carbonyl (C=O) groups excluding carboxylic acids is 3. The Balaban J connectivity index is 0.843. The maximum atomic E-state index is 14.5. The molecule has 3 saturated heterocycles. The number of hydrogen-bond acceptors (Lipinski definition) is 13. The molecule has 0 aromatic heterocycles. The molecular weight excluding hydrogens is 1130 g/mol. The van der Waals surface area contributed by atoms with Gasteiger partial charge in [-0.3, -0.25) is 29.5 Å². The number of piperazine rings is 2. The van der Waals surface area contributed by atoms with Crippen molar-refractivity contribution in [2.45, 2.75) is 117 Å². The average Bonchev–Trinajstić information content (AvgIpc) is 3.59. The Bertz CT molecular complexity index is 3350. The largest absolute Gasteiger partial charge is 0.501 e. The summed E-state index contributed by atoms with van der Waals surface area (Å²) in [6.07, 6.45) is 4.28. The average molecular weight is 1200 g/mol. The van der Waals surface area contributed by atoms with Crippen LogP contribution in [-0.4, -0.2) is 131 Å². The number of carbonyl (C=O) groups is 3. The highest BCUT2D eigenvalue weighted by Crippen LogP contribution is 2.43. The van der Waals surface area contributed by atoms with E-state index in [9.17, 15) is 44.4 Å². The summed E-state index contributed by atoms with van der Waals surface area (Å²) in [6, 6.07) is 33.8. The van der Waals surface area contributed by atoms with Gasteiger partial charge < -0.3 is 15.1 Å². The topological polar surface area (TPSA) is 169 Å². The van der Waals surface area contributed by atoms with Crippen molar-refractivity contribution in [3.63, 3.8) is 0 Å². The van der Waals surface area contributed by atoms with Crippen molar-refractivity contribution in [2.24, 2.45) is 5.41 Å². The second-order valence-corrected chi connectivity index (χ2v) is 28.0. The lowest BCUT2D eigenvalue weighted by Gasteiger charge is -2.45. The number of sulfonamides is 1. The molecule has 9 rings (SSSR count). The van der Waals surface area contributed by atoms with Gasteiger partial charge in [0.25, 0.3) is 25.8 Å². The van der Waals surface area contributed by atoms with Gasteiger partial charge in [0.1, 0.15) is 4.90 Å². The van der Waals surface area contributed by atoms with E-state index >= 15 is 0 Å². The molecule has 438 valence electrons. The number of rotatable bonds is 19. The maximum absolute atomic E-state index is 14.5. The summed E-state index contributed by atoms with van der Waals surface area (Å²) in [7, 11) is -11.0. The highest BCUT2D eigenvalue weighted by Gasteiger charge is 2.49. The second-order valence-electron chi connectivity index (χ2n) is 22.9. The second kappa shape index (κ2) is 25.6. The number of thioether (sulfide) groups is 1. The number of nitrogens with one attached hydrogen (secondary N) is 3. The minimum Gasteiger partial charge on any atom is -0.380 e. The first kappa shape index (κ1) is 60.8. The summed E-state index contributed by atoms with van der Waals surface area (Å²) in [5.74, 6) is -1.63. The Kier molecular flexibility index (Phi) is 19.0. The Morgan fingerprint density at radius 2 is 1.49 bits per heavy atom. The molecule has 4 atom stereocenters. The van der Waals surface area contributed by atoms with E-state index in [0.29, 0.717) is 62.3 Å². The van der Waals surface area contributed by atoms with Crippen molar-refractivity contribution in [1.82, 2.24) is 24.7 Å². The maximum Gasteiger partial charge on any atom is 0.501 e. The fourth-order valence-corrected chi connectivity index (χ4v) is 14.8. The van der Waals surface area contributed by atoms with Gasteiger partial charge in [0, 0.05) is 110 Å². The minimum absolute atomic E-state index is 0.0174. The van der Waals surface area contributed by atoms with Gasteiger partial charge in [-0.25, -0.2) is 21.6 Å². The minimum atomic E-state index is -6.13. The van der Waals surface area contributed by atoms with Gasteiger partial charge in [-0.05, 0) is 140 Å². The summed E-state index contributed by atoms with van der Waals surface area (Å²) < 4.78 is 99.9. The molecule has 1 aliphatic carbocycles. The summed E-state index contributed by atoms with van der Waals surface area (Å²) in [4.78, 5) is 45.8. The number of imide groups is 1. The van der Waals surface area contributed by atoms with Gasteiger partial charge in [0.2, 0.25) is 11.8 Å². The monoisotopic (exact) mass is 1200 g/mol. The molecule has 21 heteroatoms. The van der Waals surface area contributed by atoms with Crippen molar-refractivity contribution >= 4 is 77.9 Å². The number of amides is 3. The van der Waals surface area contributed by atoms with E-state index in [1.807, 2.05) is 71.5 Å². The van der Waals surface area contributed by atoms with Gasteiger partial charge in [-0.15, -0.1) is 11.8 Å². The van der Waals surface area contributed by atoms with Gasteiger partial charge in [0.05, 0.1) is 16.5 Å². The third-order valence-electron chi connectivity index (χ3n) is 16.2. The number of halogens is 4. The summed E-state index contributed by atoms with van der Waals surface area (Å²) in [5.41, 5.74) is 0.772. The first-order valence-corrected chi connectivity index (χ1v) is 32.2. The molecule has 3 heterocycles. The molecule has 0 spiro atoms. The third-order valence-corrected chi connectivity index (χ3v) is 20.5. The predicted molar refractivity (Wildman–Crippen MR) is 317 cm³/mol. The Morgan fingerprint density at radius 1 is 0.817 bits per heavy atom. The van der Waals surface area contributed by atoms with Gasteiger partial charge >= 0.3 is 5.51 Å². The number of allylic oxidation sites excluding steroid dienone is 1. The van der Waals surface area contributed by atoms with E-state index in [1.54, 1.807) is 12.1 Å². The zero-order chi connectivity index (χ0) is 58.6. The zero-order valence-corrected chi connectivity index (χ0v) is 49.8. The van der Waals surface area contributed by atoms with Gasteiger partial charge in [0.15, 0.2) is 0 Å². The first-order valence-electron chi connectivity index (χ1n) is 27.8. The molecule has 82 heavy (non-hydrogen) atoms. The Hall–Kier alpha value is -5.74. The van der Waals surface area contributed by atoms with Crippen LogP contribution in [0.15, 0.2) is 142 Å². The molecule has 0 bridgehead atoms. The molecule has 14 nitrogen and oxygen atoms in total. The van der Waals surface area contributed by atoms with Crippen LogP contribution in [-0.2, 0) is 36.0 Å². The molecule has 0 saturated carbocycles. The molecule has 3 unspecified atom stereocenters. The molecule has 3 fully saturated rings. The molecular formula is C61H71ClF3N7O7S3. The van der Waals surface area contributed by atoms with E-state index in [2.05, 4.69) is 70.1 Å². The fraction of sp³-hybridized carbons (Fsp3) is 0.426. The van der Waals surface area contributed by atoms with Crippen LogP contribution in [0, 0.1) is 5.41 Å². The number of benzene rings is 5.